The van der Waals surface area contributed by atoms with E-state index in [9.17, 15) is 0 Å². The van der Waals surface area contributed by atoms with Crippen LogP contribution in [0.15, 0.2) is 47.6 Å². The van der Waals surface area contributed by atoms with Gasteiger partial charge in [-0.3, -0.25) is 10.8 Å². The average molecular weight is 323 g/mol. The molecule has 122 valence electrons. The first kappa shape index (κ1) is 16.8. The van der Waals surface area contributed by atoms with Gasteiger partial charge in [-0.25, -0.2) is 0 Å². The minimum Gasteiger partial charge on any atom is -0.497 e. The minimum atomic E-state index is -0.385. The smallest absolute Gasteiger partial charge is 0.201 e. The van der Waals surface area contributed by atoms with E-state index in [1.165, 1.54) is 0 Å². The second kappa shape index (κ2) is 7.65. The van der Waals surface area contributed by atoms with Gasteiger partial charge in [-0.1, -0.05) is 12.1 Å². The van der Waals surface area contributed by atoms with Crippen molar-refractivity contribution in [1.82, 2.24) is 0 Å². The number of hydrogen-bond donors (Lipinski definition) is 3. The van der Waals surface area contributed by atoms with Gasteiger partial charge in [0.05, 0.1) is 19.9 Å². The third-order valence-corrected chi connectivity index (χ3v) is 3.26. The summed E-state index contributed by atoms with van der Waals surface area (Å²) in [6.07, 6.45) is 0. The van der Waals surface area contributed by atoms with Gasteiger partial charge in [-0.2, -0.15) is 10.4 Å². The number of rotatable bonds is 6. The Morgan fingerprint density at radius 1 is 1.17 bits per heavy atom. The molecular weight excluding hydrogens is 306 g/mol. The van der Waals surface area contributed by atoms with E-state index in [1.54, 1.807) is 32.4 Å². The van der Waals surface area contributed by atoms with Crippen molar-refractivity contribution < 1.29 is 9.47 Å². The molecule has 24 heavy (non-hydrogen) atoms. The summed E-state index contributed by atoms with van der Waals surface area (Å²) in [6, 6.07) is 14.7. The van der Waals surface area contributed by atoms with Gasteiger partial charge in [-0.15, -0.1) is 0 Å². The Kier molecular flexibility index (Phi) is 5.36. The third-order valence-electron chi connectivity index (χ3n) is 3.26. The Labute approximate surface area is 139 Å². The summed E-state index contributed by atoms with van der Waals surface area (Å²) in [6.45, 7) is 0. The number of ether oxygens (including phenoxy) is 2. The van der Waals surface area contributed by atoms with Crippen molar-refractivity contribution in [2.75, 3.05) is 19.6 Å². The number of nitrogens with one attached hydrogen (secondary N) is 2. The zero-order valence-corrected chi connectivity index (χ0v) is 13.3. The fourth-order valence-electron chi connectivity index (χ4n) is 2.03. The minimum absolute atomic E-state index is 0.170. The van der Waals surface area contributed by atoms with Crippen molar-refractivity contribution in [3.63, 3.8) is 0 Å². The lowest BCUT2D eigenvalue weighted by molar-refractivity contribution is 0.395. The summed E-state index contributed by atoms with van der Waals surface area (Å²) in [5.74, 6) is 1.04. The molecule has 0 aliphatic heterocycles. The summed E-state index contributed by atoms with van der Waals surface area (Å²) < 4.78 is 10.6. The molecule has 4 N–H and O–H groups in total. The van der Waals surface area contributed by atoms with Crippen LogP contribution >= 0.6 is 0 Å². The monoisotopic (exact) mass is 323 g/mol. The fraction of sp³-hybridized carbons (Fsp3) is 0.118. The van der Waals surface area contributed by atoms with Gasteiger partial charge in [0.2, 0.25) is 5.71 Å². The quantitative estimate of drug-likeness (QED) is 0.429. The highest BCUT2D eigenvalue weighted by Gasteiger charge is 2.07. The van der Waals surface area contributed by atoms with E-state index in [2.05, 4.69) is 10.5 Å². The standard InChI is InChI=1S/C17H17N5O2/c1-23-13-7-8-14(16(9-13)24-2)11-3-5-12(6-4-11)21-22-15(10-18)17(19)20/h3-9,21H,1-2H3,(H3,19,20)/b22-15+. The van der Waals surface area contributed by atoms with Gasteiger partial charge in [0.15, 0.2) is 5.84 Å². The van der Waals surface area contributed by atoms with E-state index in [0.717, 1.165) is 16.9 Å². The lowest BCUT2D eigenvalue weighted by atomic mass is 10.0. The van der Waals surface area contributed by atoms with Gasteiger partial charge in [0.1, 0.15) is 17.6 Å². The van der Waals surface area contributed by atoms with E-state index in [0.29, 0.717) is 11.4 Å². The summed E-state index contributed by atoms with van der Waals surface area (Å²) in [5.41, 5.74) is 10.3. The van der Waals surface area contributed by atoms with Crippen molar-refractivity contribution >= 4 is 17.2 Å². The van der Waals surface area contributed by atoms with E-state index in [1.807, 2.05) is 30.3 Å². The second-order valence-corrected chi connectivity index (χ2v) is 4.74. The van der Waals surface area contributed by atoms with Crippen molar-refractivity contribution in [2.45, 2.75) is 0 Å². The first-order valence-electron chi connectivity index (χ1n) is 6.99. The molecule has 0 atom stereocenters. The highest BCUT2D eigenvalue weighted by Crippen LogP contribution is 2.33. The SMILES string of the molecule is COc1ccc(-c2ccc(N/N=C(\C#N)C(=N)N)cc2)c(OC)c1. The highest BCUT2D eigenvalue weighted by atomic mass is 16.5. The molecule has 7 heteroatoms. The molecule has 0 aromatic heterocycles. The first-order chi connectivity index (χ1) is 11.6. The molecule has 2 aromatic carbocycles. The Balaban J connectivity index is 2.24. The molecule has 0 heterocycles. The zero-order chi connectivity index (χ0) is 17.5. The predicted molar refractivity (Wildman–Crippen MR) is 93.6 cm³/mol. The number of anilines is 1. The molecule has 7 nitrogen and oxygen atoms in total. The Morgan fingerprint density at radius 2 is 1.88 bits per heavy atom. The van der Waals surface area contributed by atoms with Crippen LogP contribution in [-0.2, 0) is 0 Å². The van der Waals surface area contributed by atoms with Crippen LogP contribution in [0.2, 0.25) is 0 Å². The van der Waals surface area contributed by atoms with E-state index in [-0.39, 0.29) is 11.5 Å². The number of nitrogens with two attached hydrogens (primary N) is 1. The zero-order valence-electron chi connectivity index (χ0n) is 13.3. The molecule has 0 unspecified atom stereocenters. The van der Waals surface area contributed by atoms with Crippen LogP contribution in [0.4, 0.5) is 5.69 Å². The Morgan fingerprint density at radius 3 is 2.42 bits per heavy atom. The lowest BCUT2D eigenvalue weighted by Crippen LogP contribution is -2.21. The number of nitrogens with zero attached hydrogens (tertiary/aromatic N) is 2. The van der Waals surface area contributed by atoms with Crippen LogP contribution in [0, 0.1) is 16.7 Å². The number of hydrogen-bond acceptors (Lipinski definition) is 6. The maximum Gasteiger partial charge on any atom is 0.201 e. The largest absolute Gasteiger partial charge is 0.497 e. The number of amidine groups is 1. The molecule has 0 aliphatic rings. The van der Waals surface area contributed by atoms with Crippen molar-refractivity contribution in [2.24, 2.45) is 10.8 Å². The lowest BCUT2D eigenvalue weighted by Gasteiger charge is -2.11. The topological polar surface area (TPSA) is 117 Å². The molecule has 0 amide bonds. The normalized spacial score (nSPS) is 10.6. The van der Waals surface area contributed by atoms with Gasteiger partial charge in [0, 0.05) is 11.6 Å². The van der Waals surface area contributed by atoms with Crippen LogP contribution in [-0.4, -0.2) is 25.8 Å². The van der Waals surface area contributed by atoms with Gasteiger partial charge in [0.25, 0.3) is 0 Å². The van der Waals surface area contributed by atoms with E-state index in [4.69, 9.17) is 25.9 Å². The van der Waals surface area contributed by atoms with Gasteiger partial charge in [-0.05, 0) is 29.8 Å². The maximum atomic E-state index is 8.80. The number of methoxy groups -OCH3 is 2. The molecule has 0 saturated carbocycles. The van der Waals surface area contributed by atoms with Crippen molar-refractivity contribution in [1.29, 1.82) is 10.7 Å². The highest BCUT2D eigenvalue weighted by molar-refractivity contribution is 6.45. The molecule has 0 fully saturated rings. The summed E-state index contributed by atoms with van der Waals surface area (Å²) in [4.78, 5) is 0. The number of benzene rings is 2. The molecule has 0 radical (unpaired) electrons. The van der Waals surface area contributed by atoms with Crippen LogP contribution in [0.25, 0.3) is 11.1 Å². The average Bonchev–Trinajstić information content (AvgIpc) is 2.62. The van der Waals surface area contributed by atoms with Crippen LogP contribution < -0.4 is 20.6 Å². The van der Waals surface area contributed by atoms with E-state index < -0.39 is 0 Å². The van der Waals surface area contributed by atoms with Crippen molar-refractivity contribution in [3.8, 4) is 28.7 Å². The predicted octanol–water partition coefficient (Wildman–Crippen LogP) is 2.60. The first-order valence-corrected chi connectivity index (χ1v) is 6.99. The van der Waals surface area contributed by atoms with Gasteiger partial charge < -0.3 is 15.2 Å². The summed E-state index contributed by atoms with van der Waals surface area (Å²) in [5, 5.41) is 19.8. The Hall–Kier alpha value is -3.53. The second-order valence-electron chi connectivity index (χ2n) is 4.74. The van der Waals surface area contributed by atoms with Crippen molar-refractivity contribution in [3.05, 3.63) is 42.5 Å². The third kappa shape index (κ3) is 3.81. The summed E-state index contributed by atoms with van der Waals surface area (Å²) in [7, 11) is 3.21. The summed E-state index contributed by atoms with van der Waals surface area (Å²) >= 11 is 0. The molecular formula is C17H17N5O2. The maximum absolute atomic E-state index is 8.80. The fourth-order valence-corrected chi connectivity index (χ4v) is 2.03. The molecule has 2 rings (SSSR count). The van der Waals surface area contributed by atoms with Crippen LogP contribution in [0.5, 0.6) is 11.5 Å². The Bertz CT molecular complexity index is 807. The molecule has 0 bridgehead atoms. The number of nitriles is 1. The molecule has 0 saturated heterocycles. The molecule has 2 aromatic rings. The molecule has 0 aliphatic carbocycles. The van der Waals surface area contributed by atoms with Crippen LogP contribution in [0.1, 0.15) is 0 Å². The van der Waals surface area contributed by atoms with E-state index >= 15 is 0 Å². The number of hydrazone groups is 1. The van der Waals surface area contributed by atoms with Crippen LogP contribution in [0.3, 0.4) is 0 Å². The van der Waals surface area contributed by atoms with Gasteiger partial charge >= 0.3 is 0 Å². The molecule has 0 spiro atoms.